The van der Waals surface area contributed by atoms with Crippen molar-refractivity contribution < 1.29 is 9.50 Å². The van der Waals surface area contributed by atoms with E-state index >= 15 is 0 Å². The summed E-state index contributed by atoms with van der Waals surface area (Å²) in [5.74, 6) is -0.258. The predicted octanol–water partition coefficient (Wildman–Crippen LogP) is 3.76. The molecule has 0 aliphatic carbocycles. The van der Waals surface area contributed by atoms with Gasteiger partial charge in [-0.25, -0.2) is 4.39 Å². The van der Waals surface area contributed by atoms with Crippen LogP contribution in [0.2, 0.25) is 0 Å². The Balaban J connectivity index is 1.92. The van der Waals surface area contributed by atoms with Gasteiger partial charge in [-0.1, -0.05) is 44.4 Å². The molecule has 2 atom stereocenters. The minimum atomic E-state index is -0.721. The van der Waals surface area contributed by atoms with E-state index in [0.29, 0.717) is 5.56 Å². The molecular formula is C17H26FNO. The van der Waals surface area contributed by atoms with Crippen LogP contribution in [0.1, 0.15) is 50.7 Å². The number of aliphatic hydroxyl groups excluding tert-OH is 1. The molecule has 2 rings (SSSR count). The molecule has 1 N–H and O–H groups in total. The van der Waals surface area contributed by atoms with Crippen molar-refractivity contribution in [2.24, 2.45) is 5.92 Å². The lowest BCUT2D eigenvalue weighted by atomic mass is 9.96. The SMILES string of the molecule is CC(CN1CCCCCCC1)C(O)c1ccccc1F. The number of likely N-dealkylation sites (tertiary alicyclic amines) is 1. The monoisotopic (exact) mass is 279 g/mol. The molecule has 112 valence electrons. The minimum Gasteiger partial charge on any atom is -0.388 e. The van der Waals surface area contributed by atoms with Crippen LogP contribution >= 0.6 is 0 Å². The van der Waals surface area contributed by atoms with Gasteiger partial charge < -0.3 is 10.0 Å². The van der Waals surface area contributed by atoms with Crippen molar-refractivity contribution in [1.82, 2.24) is 4.90 Å². The van der Waals surface area contributed by atoms with Crippen molar-refractivity contribution in [2.75, 3.05) is 19.6 Å². The molecule has 1 aromatic rings. The normalized spacial score (nSPS) is 20.9. The summed E-state index contributed by atoms with van der Waals surface area (Å²) in [6.07, 6.45) is 5.72. The zero-order valence-corrected chi connectivity index (χ0v) is 12.4. The topological polar surface area (TPSA) is 23.5 Å². The second-order valence-electron chi connectivity index (χ2n) is 6.01. The number of hydrogen-bond donors (Lipinski definition) is 1. The van der Waals surface area contributed by atoms with Crippen LogP contribution in [0.15, 0.2) is 24.3 Å². The van der Waals surface area contributed by atoms with Crippen molar-refractivity contribution in [3.05, 3.63) is 35.6 Å². The molecule has 1 saturated heterocycles. The summed E-state index contributed by atoms with van der Waals surface area (Å²) in [6, 6.07) is 6.55. The van der Waals surface area contributed by atoms with Crippen LogP contribution in [-0.4, -0.2) is 29.6 Å². The van der Waals surface area contributed by atoms with E-state index in [4.69, 9.17) is 0 Å². The Labute approximate surface area is 121 Å². The smallest absolute Gasteiger partial charge is 0.129 e. The van der Waals surface area contributed by atoms with Gasteiger partial charge in [-0.05, 0) is 37.9 Å². The Bertz CT molecular complexity index is 402. The molecule has 3 heteroatoms. The summed E-state index contributed by atoms with van der Waals surface area (Å²) >= 11 is 0. The Morgan fingerprint density at radius 3 is 2.35 bits per heavy atom. The van der Waals surface area contributed by atoms with E-state index in [2.05, 4.69) is 4.90 Å². The molecule has 1 heterocycles. The Morgan fingerprint density at radius 1 is 1.10 bits per heavy atom. The summed E-state index contributed by atoms with van der Waals surface area (Å²) in [4.78, 5) is 2.42. The van der Waals surface area contributed by atoms with Crippen LogP contribution in [0, 0.1) is 11.7 Å². The lowest BCUT2D eigenvalue weighted by molar-refractivity contribution is 0.0826. The molecule has 1 aliphatic heterocycles. The molecular weight excluding hydrogens is 253 g/mol. The van der Waals surface area contributed by atoms with Crippen LogP contribution in [-0.2, 0) is 0 Å². The third kappa shape index (κ3) is 4.29. The molecule has 1 fully saturated rings. The van der Waals surface area contributed by atoms with E-state index in [-0.39, 0.29) is 11.7 Å². The minimum absolute atomic E-state index is 0.0475. The fourth-order valence-electron chi connectivity index (χ4n) is 3.02. The maximum absolute atomic E-state index is 13.7. The van der Waals surface area contributed by atoms with Crippen LogP contribution in [0.5, 0.6) is 0 Å². The van der Waals surface area contributed by atoms with Crippen molar-refractivity contribution >= 4 is 0 Å². The average molecular weight is 279 g/mol. The van der Waals surface area contributed by atoms with Crippen LogP contribution in [0.3, 0.4) is 0 Å². The number of halogens is 1. The molecule has 1 aliphatic rings. The second kappa shape index (κ2) is 7.75. The maximum Gasteiger partial charge on any atom is 0.129 e. The van der Waals surface area contributed by atoms with E-state index in [1.165, 1.54) is 38.2 Å². The second-order valence-corrected chi connectivity index (χ2v) is 6.01. The van der Waals surface area contributed by atoms with Crippen molar-refractivity contribution in [3.8, 4) is 0 Å². The van der Waals surface area contributed by atoms with Gasteiger partial charge in [0.2, 0.25) is 0 Å². The summed E-state index contributed by atoms with van der Waals surface area (Å²) in [5, 5.41) is 10.4. The summed E-state index contributed by atoms with van der Waals surface area (Å²) < 4.78 is 13.7. The zero-order valence-electron chi connectivity index (χ0n) is 12.4. The van der Waals surface area contributed by atoms with E-state index < -0.39 is 6.10 Å². The highest BCUT2D eigenvalue weighted by Crippen LogP contribution is 2.25. The quantitative estimate of drug-likeness (QED) is 0.907. The summed E-state index contributed by atoms with van der Waals surface area (Å²) in [7, 11) is 0. The van der Waals surface area contributed by atoms with Gasteiger partial charge in [-0.15, -0.1) is 0 Å². The zero-order chi connectivity index (χ0) is 14.4. The molecule has 2 nitrogen and oxygen atoms in total. The first-order chi connectivity index (χ1) is 9.68. The predicted molar refractivity (Wildman–Crippen MR) is 80.0 cm³/mol. The lowest BCUT2D eigenvalue weighted by Gasteiger charge is -2.29. The maximum atomic E-state index is 13.7. The van der Waals surface area contributed by atoms with Gasteiger partial charge in [0, 0.05) is 12.1 Å². The standard InChI is InChI=1S/C17H26FNO/c1-14(13-19-11-7-3-2-4-8-12-19)17(20)15-9-5-6-10-16(15)18/h5-6,9-10,14,17,20H,2-4,7-8,11-13H2,1H3. The highest BCUT2D eigenvalue weighted by atomic mass is 19.1. The summed E-state index contributed by atoms with van der Waals surface area (Å²) in [6.45, 7) is 5.06. The molecule has 0 aromatic heterocycles. The van der Waals surface area contributed by atoms with E-state index in [1.807, 2.05) is 6.92 Å². The lowest BCUT2D eigenvalue weighted by Crippen LogP contribution is -2.33. The van der Waals surface area contributed by atoms with Crippen molar-refractivity contribution in [2.45, 2.75) is 45.1 Å². The fraction of sp³-hybridized carbons (Fsp3) is 0.647. The Morgan fingerprint density at radius 2 is 1.70 bits per heavy atom. The van der Waals surface area contributed by atoms with Crippen molar-refractivity contribution in [3.63, 3.8) is 0 Å². The molecule has 20 heavy (non-hydrogen) atoms. The Kier molecular flexibility index (Phi) is 5.99. The van der Waals surface area contributed by atoms with Gasteiger partial charge in [-0.3, -0.25) is 0 Å². The molecule has 0 bridgehead atoms. The molecule has 0 saturated carbocycles. The number of nitrogens with zero attached hydrogens (tertiary/aromatic N) is 1. The molecule has 0 spiro atoms. The van der Waals surface area contributed by atoms with Crippen LogP contribution < -0.4 is 0 Å². The average Bonchev–Trinajstić information content (AvgIpc) is 2.41. The van der Waals surface area contributed by atoms with E-state index in [1.54, 1.807) is 18.2 Å². The Hall–Kier alpha value is -0.930. The van der Waals surface area contributed by atoms with Crippen molar-refractivity contribution in [1.29, 1.82) is 0 Å². The third-order valence-electron chi connectivity index (χ3n) is 4.26. The van der Waals surface area contributed by atoms with E-state index in [0.717, 1.165) is 19.6 Å². The fourth-order valence-corrected chi connectivity index (χ4v) is 3.02. The first-order valence-electron chi connectivity index (χ1n) is 7.83. The van der Waals surface area contributed by atoms with Gasteiger partial charge in [0.1, 0.15) is 5.82 Å². The van der Waals surface area contributed by atoms with Gasteiger partial charge in [-0.2, -0.15) is 0 Å². The molecule has 1 aromatic carbocycles. The first kappa shape index (κ1) is 15.5. The molecule has 2 unspecified atom stereocenters. The van der Waals surface area contributed by atoms with Gasteiger partial charge in [0.05, 0.1) is 6.10 Å². The van der Waals surface area contributed by atoms with Gasteiger partial charge in [0.15, 0.2) is 0 Å². The number of benzene rings is 1. The molecule has 0 amide bonds. The highest BCUT2D eigenvalue weighted by molar-refractivity contribution is 5.20. The molecule has 0 radical (unpaired) electrons. The highest BCUT2D eigenvalue weighted by Gasteiger charge is 2.22. The van der Waals surface area contributed by atoms with Gasteiger partial charge in [0.25, 0.3) is 0 Å². The van der Waals surface area contributed by atoms with Crippen LogP contribution in [0.25, 0.3) is 0 Å². The first-order valence-corrected chi connectivity index (χ1v) is 7.83. The summed E-state index contributed by atoms with van der Waals surface area (Å²) in [5.41, 5.74) is 0.423. The number of rotatable bonds is 4. The van der Waals surface area contributed by atoms with Gasteiger partial charge >= 0.3 is 0 Å². The number of hydrogen-bond acceptors (Lipinski definition) is 2. The number of aliphatic hydroxyl groups is 1. The third-order valence-corrected chi connectivity index (χ3v) is 4.26. The van der Waals surface area contributed by atoms with Crippen LogP contribution in [0.4, 0.5) is 4.39 Å². The van der Waals surface area contributed by atoms with E-state index in [9.17, 15) is 9.50 Å². The largest absolute Gasteiger partial charge is 0.388 e.